The molecule has 2 N–H and O–H groups in total. The Kier molecular flexibility index (Phi) is 5.03. The van der Waals surface area contributed by atoms with Crippen molar-refractivity contribution in [2.24, 2.45) is 5.73 Å². The number of pyridine rings is 2. The highest BCUT2D eigenvalue weighted by molar-refractivity contribution is 5.97. The molecule has 0 saturated carbocycles. The lowest BCUT2D eigenvalue weighted by molar-refractivity contribution is -0.511. The second-order valence-corrected chi connectivity index (χ2v) is 8.33. The summed E-state index contributed by atoms with van der Waals surface area (Å²) >= 11 is 0. The average molecular weight is 454 g/mol. The maximum Gasteiger partial charge on any atom is 0.280 e. The Balaban J connectivity index is 1.64. The van der Waals surface area contributed by atoms with E-state index in [1.165, 1.54) is 0 Å². The summed E-state index contributed by atoms with van der Waals surface area (Å²) in [6.45, 7) is 0.505. The van der Waals surface area contributed by atoms with E-state index in [9.17, 15) is 0 Å². The van der Waals surface area contributed by atoms with Crippen molar-refractivity contribution in [3.05, 3.63) is 115 Å². The van der Waals surface area contributed by atoms with Gasteiger partial charge in [0.05, 0.1) is 34.4 Å². The highest BCUT2D eigenvalue weighted by Crippen LogP contribution is 2.34. The fraction of sp³-hybridized carbons (Fsp3) is 0.0345. The number of aromatic nitrogens is 4. The van der Waals surface area contributed by atoms with Crippen LogP contribution in [0.15, 0.2) is 104 Å². The molecule has 0 amide bonds. The summed E-state index contributed by atoms with van der Waals surface area (Å²) in [4.78, 5) is 5.14. The molecule has 166 valence electrons. The van der Waals surface area contributed by atoms with Gasteiger partial charge in [-0.15, -0.1) is 0 Å². The lowest BCUT2D eigenvalue weighted by atomic mass is 9.97. The van der Waals surface area contributed by atoms with E-state index in [1.54, 1.807) is 18.5 Å². The lowest BCUT2D eigenvalue weighted by Crippen LogP contribution is -2.19. The molecule has 0 unspecified atom stereocenters. The van der Waals surface area contributed by atoms with Gasteiger partial charge in [-0.3, -0.25) is 0 Å². The van der Waals surface area contributed by atoms with Crippen molar-refractivity contribution in [2.45, 2.75) is 6.54 Å². The van der Waals surface area contributed by atoms with Crippen molar-refractivity contribution in [3.8, 4) is 34.1 Å². The number of nitriles is 1. The predicted octanol–water partition coefficient (Wildman–Crippen LogP) is 4.82. The Labute approximate surface area is 202 Å². The van der Waals surface area contributed by atoms with Gasteiger partial charge in [-0.25, -0.2) is 9.38 Å². The topological polar surface area (TPSA) is 84.6 Å². The van der Waals surface area contributed by atoms with Crippen LogP contribution in [0.5, 0.6) is 0 Å². The normalized spacial score (nSPS) is 11.1. The van der Waals surface area contributed by atoms with Crippen LogP contribution in [0.3, 0.4) is 0 Å². The van der Waals surface area contributed by atoms with Crippen molar-refractivity contribution >= 4 is 16.6 Å². The van der Waals surface area contributed by atoms with Gasteiger partial charge in [0.25, 0.3) is 12.0 Å². The minimum absolute atomic E-state index is 0.505. The number of nitrogens with two attached hydrogens (primary N) is 1. The van der Waals surface area contributed by atoms with Crippen molar-refractivity contribution < 1.29 is 4.40 Å². The molecule has 3 heterocycles. The summed E-state index contributed by atoms with van der Waals surface area (Å²) in [6, 6.07) is 32.4. The van der Waals surface area contributed by atoms with Crippen LogP contribution in [0.4, 0.5) is 0 Å². The zero-order valence-electron chi connectivity index (χ0n) is 18.8. The first kappa shape index (κ1) is 20.7. The fourth-order valence-corrected chi connectivity index (χ4v) is 4.40. The number of hydrogen-bond acceptors (Lipinski definition) is 4. The molecule has 0 aliphatic rings. The standard InChI is InChI=1S/C29H21N6/c30-17-20-6-10-23(11-7-20)28-25(22-4-2-1-3-5-22)16-26-27(33-28)14-15-34-19-32-35(29(26)34)24-12-8-21(18-31)9-13-24/h1-16,19H,17,30H2/q+1. The third kappa shape index (κ3) is 3.61. The molecule has 0 radical (unpaired) electrons. The minimum atomic E-state index is 0.505. The molecule has 6 nitrogen and oxygen atoms in total. The highest BCUT2D eigenvalue weighted by Gasteiger charge is 2.20. The largest absolute Gasteiger partial charge is 0.326 e. The summed E-state index contributed by atoms with van der Waals surface area (Å²) in [6.07, 6.45) is 3.76. The van der Waals surface area contributed by atoms with Crippen molar-refractivity contribution in [1.82, 2.24) is 14.8 Å². The predicted molar refractivity (Wildman–Crippen MR) is 136 cm³/mol. The van der Waals surface area contributed by atoms with E-state index in [-0.39, 0.29) is 0 Å². The smallest absolute Gasteiger partial charge is 0.280 e. The van der Waals surface area contributed by atoms with Gasteiger partial charge in [-0.05, 0) is 47.5 Å². The van der Waals surface area contributed by atoms with Gasteiger partial charge in [0.15, 0.2) is 0 Å². The molecule has 35 heavy (non-hydrogen) atoms. The Morgan fingerprint density at radius 1 is 0.886 bits per heavy atom. The van der Waals surface area contributed by atoms with Crippen LogP contribution in [0.1, 0.15) is 11.1 Å². The van der Waals surface area contributed by atoms with Crippen molar-refractivity contribution in [1.29, 1.82) is 5.26 Å². The first-order chi connectivity index (χ1) is 17.2. The molecule has 0 saturated heterocycles. The zero-order valence-corrected chi connectivity index (χ0v) is 18.8. The first-order valence-electron chi connectivity index (χ1n) is 11.3. The minimum Gasteiger partial charge on any atom is -0.326 e. The van der Waals surface area contributed by atoms with Crippen LogP contribution in [0.2, 0.25) is 0 Å². The molecule has 6 aromatic rings. The Hall–Kier alpha value is -4.86. The molecule has 3 aromatic carbocycles. The highest BCUT2D eigenvalue weighted by atomic mass is 15.3. The van der Waals surface area contributed by atoms with Crippen LogP contribution >= 0.6 is 0 Å². The van der Waals surface area contributed by atoms with Gasteiger partial charge in [0.2, 0.25) is 0 Å². The summed E-state index contributed by atoms with van der Waals surface area (Å²) in [7, 11) is 0. The van der Waals surface area contributed by atoms with Gasteiger partial charge >= 0.3 is 0 Å². The molecule has 0 fully saturated rings. The quantitative estimate of drug-likeness (QED) is 0.388. The number of rotatable bonds is 4. The lowest BCUT2D eigenvalue weighted by Gasteiger charge is -2.12. The number of nitrogens with zero attached hydrogens (tertiary/aromatic N) is 5. The SMILES string of the molecule is N#Cc1ccc(-n2nc[n+]3ccc4nc(-c5ccc(CN)cc5)c(-c5ccccc5)cc4c23)cc1. The van der Waals surface area contributed by atoms with Gasteiger partial charge in [0, 0.05) is 22.8 Å². The summed E-state index contributed by atoms with van der Waals surface area (Å²) in [5.41, 5.74) is 14.2. The molecule has 0 bridgehead atoms. The second kappa shape index (κ2) is 8.49. The molecule has 3 aromatic heterocycles. The third-order valence-electron chi connectivity index (χ3n) is 6.21. The van der Waals surface area contributed by atoms with Crippen LogP contribution in [-0.2, 0) is 6.54 Å². The maximum atomic E-state index is 9.17. The van der Waals surface area contributed by atoms with E-state index in [0.717, 1.165) is 50.2 Å². The van der Waals surface area contributed by atoms with Gasteiger partial charge in [-0.2, -0.15) is 5.26 Å². The Morgan fingerprint density at radius 3 is 2.37 bits per heavy atom. The van der Waals surface area contributed by atoms with Crippen LogP contribution in [0, 0.1) is 11.3 Å². The number of benzene rings is 3. The molecular weight excluding hydrogens is 432 g/mol. The molecule has 6 heteroatoms. The van der Waals surface area contributed by atoms with Crippen molar-refractivity contribution in [3.63, 3.8) is 0 Å². The van der Waals surface area contributed by atoms with E-state index in [0.29, 0.717) is 12.1 Å². The molecule has 0 spiro atoms. The van der Waals surface area contributed by atoms with E-state index in [4.69, 9.17) is 16.0 Å². The molecule has 0 atom stereocenters. The van der Waals surface area contributed by atoms with Crippen LogP contribution in [0.25, 0.3) is 44.6 Å². The molecule has 0 aliphatic carbocycles. The summed E-state index contributed by atoms with van der Waals surface area (Å²) < 4.78 is 3.88. The molecular formula is C29H21N6+. The Bertz CT molecular complexity index is 1710. The van der Waals surface area contributed by atoms with E-state index >= 15 is 0 Å². The third-order valence-corrected chi connectivity index (χ3v) is 6.21. The van der Waals surface area contributed by atoms with E-state index < -0.39 is 0 Å². The van der Waals surface area contributed by atoms with E-state index in [2.05, 4.69) is 53.6 Å². The maximum absolute atomic E-state index is 9.17. The average Bonchev–Trinajstić information content (AvgIpc) is 3.38. The zero-order chi connectivity index (χ0) is 23.8. The molecule has 6 rings (SSSR count). The van der Waals surface area contributed by atoms with Crippen LogP contribution < -0.4 is 10.1 Å². The first-order valence-corrected chi connectivity index (χ1v) is 11.3. The van der Waals surface area contributed by atoms with Crippen LogP contribution in [-0.4, -0.2) is 14.8 Å². The van der Waals surface area contributed by atoms with Gasteiger partial charge < -0.3 is 5.73 Å². The van der Waals surface area contributed by atoms with Gasteiger partial charge in [0.1, 0.15) is 5.69 Å². The monoisotopic (exact) mass is 453 g/mol. The van der Waals surface area contributed by atoms with Gasteiger partial charge in [-0.1, -0.05) is 59.3 Å². The second-order valence-electron chi connectivity index (χ2n) is 8.33. The van der Waals surface area contributed by atoms with Crippen molar-refractivity contribution in [2.75, 3.05) is 0 Å². The fourth-order valence-electron chi connectivity index (χ4n) is 4.40. The summed E-state index contributed by atoms with van der Waals surface area (Å²) in [5, 5.41) is 14.8. The number of fused-ring (bicyclic) bond motifs is 3. The van der Waals surface area contributed by atoms with E-state index in [1.807, 2.05) is 51.7 Å². The summed E-state index contributed by atoms with van der Waals surface area (Å²) in [5.74, 6) is 0. The Morgan fingerprint density at radius 2 is 1.66 bits per heavy atom. The number of hydrogen-bond donors (Lipinski definition) is 1. The molecule has 0 aliphatic heterocycles.